The molecule has 1 heterocycles. The lowest BCUT2D eigenvalue weighted by Crippen LogP contribution is -2.43. The van der Waals surface area contributed by atoms with Gasteiger partial charge in [-0.1, -0.05) is 18.2 Å². The third kappa shape index (κ3) is 5.39. The van der Waals surface area contributed by atoms with Gasteiger partial charge in [0, 0.05) is 30.7 Å². The first-order chi connectivity index (χ1) is 11.9. The smallest absolute Gasteiger partial charge is 0.243 e. The number of rotatable bonds is 6. The van der Waals surface area contributed by atoms with Gasteiger partial charge < -0.3 is 20.6 Å². The molecule has 2 amide bonds. The second-order valence-electron chi connectivity index (χ2n) is 6.25. The summed E-state index contributed by atoms with van der Waals surface area (Å²) in [5.74, 6) is 0.227. The number of nitrogens with one attached hydrogen (secondary N) is 2. The molecule has 1 aromatic rings. The van der Waals surface area contributed by atoms with Gasteiger partial charge in [-0.3, -0.25) is 9.59 Å². The molecule has 1 aliphatic heterocycles. The van der Waals surface area contributed by atoms with Crippen molar-refractivity contribution in [1.29, 1.82) is 0 Å². The van der Waals surface area contributed by atoms with E-state index in [9.17, 15) is 14.7 Å². The van der Waals surface area contributed by atoms with Crippen LogP contribution in [-0.4, -0.2) is 48.0 Å². The summed E-state index contributed by atoms with van der Waals surface area (Å²) in [5.41, 5.74) is 1.33. The molecule has 0 atom stereocenters. The van der Waals surface area contributed by atoms with Gasteiger partial charge in [-0.25, -0.2) is 0 Å². The molecular formula is C18H24ClN3O3. The van der Waals surface area contributed by atoms with Gasteiger partial charge >= 0.3 is 0 Å². The Bertz CT molecular complexity index is 655. The number of halogens is 1. The lowest BCUT2D eigenvalue weighted by molar-refractivity contribution is -0.130. The van der Waals surface area contributed by atoms with Crippen LogP contribution in [0.4, 0.5) is 5.69 Å². The van der Waals surface area contributed by atoms with Gasteiger partial charge in [-0.05, 0) is 43.4 Å². The van der Waals surface area contributed by atoms with E-state index in [1.807, 2.05) is 6.92 Å². The lowest BCUT2D eigenvalue weighted by atomic mass is 9.96. The molecule has 1 aliphatic rings. The summed E-state index contributed by atoms with van der Waals surface area (Å²) in [6, 6.07) is 3.19. The SMILES string of the molecule is C=CC(=O)NCC1CCN(C(=O)CNc2cc(C)c(Cl)cc2O)CC1. The molecule has 0 aliphatic carbocycles. The number of aromatic hydroxyl groups is 1. The number of benzene rings is 1. The molecule has 0 radical (unpaired) electrons. The molecule has 1 saturated heterocycles. The molecular weight excluding hydrogens is 342 g/mol. The summed E-state index contributed by atoms with van der Waals surface area (Å²) < 4.78 is 0. The van der Waals surface area contributed by atoms with Gasteiger partial charge in [0.05, 0.1) is 12.2 Å². The monoisotopic (exact) mass is 365 g/mol. The Morgan fingerprint density at radius 1 is 1.40 bits per heavy atom. The van der Waals surface area contributed by atoms with Gasteiger partial charge in [0.2, 0.25) is 11.8 Å². The number of nitrogens with zero attached hydrogens (tertiary/aromatic N) is 1. The Morgan fingerprint density at radius 3 is 2.72 bits per heavy atom. The van der Waals surface area contributed by atoms with Crippen molar-refractivity contribution >= 4 is 29.1 Å². The van der Waals surface area contributed by atoms with Gasteiger partial charge in [0.1, 0.15) is 5.75 Å². The largest absolute Gasteiger partial charge is 0.506 e. The fourth-order valence-corrected chi connectivity index (χ4v) is 2.96. The van der Waals surface area contributed by atoms with Crippen molar-refractivity contribution in [2.24, 2.45) is 5.92 Å². The number of hydrogen-bond acceptors (Lipinski definition) is 4. The first-order valence-electron chi connectivity index (χ1n) is 8.31. The quantitative estimate of drug-likeness (QED) is 0.533. The second kappa shape index (κ2) is 8.76. The first kappa shape index (κ1) is 19.1. The van der Waals surface area contributed by atoms with Crippen LogP contribution in [0.15, 0.2) is 24.8 Å². The predicted molar refractivity (Wildman–Crippen MR) is 98.9 cm³/mol. The molecule has 0 aromatic heterocycles. The highest BCUT2D eigenvalue weighted by molar-refractivity contribution is 6.31. The summed E-state index contributed by atoms with van der Waals surface area (Å²) >= 11 is 5.94. The topological polar surface area (TPSA) is 81.7 Å². The van der Waals surface area contributed by atoms with Gasteiger partial charge in [-0.15, -0.1) is 0 Å². The first-order valence-corrected chi connectivity index (χ1v) is 8.69. The highest BCUT2D eigenvalue weighted by Gasteiger charge is 2.22. The molecule has 136 valence electrons. The maximum atomic E-state index is 12.3. The van der Waals surface area contributed by atoms with E-state index >= 15 is 0 Å². The fourth-order valence-electron chi connectivity index (χ4n) is 2.80. The summed E-state index contributed by atoms with van der Waals surface area (Å²) in [5, 5.41) is 16.1. The molecule has 2 rings (SSSR count). The number of phenolic OH excluding ortho intramolecular Hbond substituents is 1. The Balaban J connectivity index is 1.78. The van der Waals surface area contributed by atoms with Crippen LogP contribution in [0.1, 0.15) is 18.4 Å². The minimum absolute atomic E-state index is 0.0134. The van der Waals surface area contributed by atoms with E-state index in [-0.39, 0.29) is 24.1 Å². The van der Waals surface area contributed by atoms with Gasteiger partial charge in [0.15, 0.2) is 0 Å². The maximum absolute atomic E-state index is 12.3. The Hall–Kier alpha value is -2.21. The number of amides is 2. The van der Waals surface area contributed by atoms with Crippen LogP contribution in [0.3, 0.4) is 0 Å². The van der Waals surface area contributed by atoms with E-state index in [4.69, 9.17) is 11.6 Å². The molecule has 7 heteroatoms. The van der Waals surface area contributed by atoms with Crippen molar-refractivity contribution in [3.63, 3.8) is 0 Å². The number of carbonyl (C=O) groups excluding carboxylic acids is 2. The molecule has 1 aromatic carbocycles. The van der Waals surface area contributed by atoms with Crippen molar-refractivity contribution in [2.45, 2.75) is 19.8 Å². The standard InChI is InChI=1S/C18H24ClN3O3/c1-3-17(24)21-10-13-4-6-22(7-5-13)18(25)11-20-15-8-12(2)14(19)9-16(15)23/h3,8-9,13,20,23H,1,4-7,10-11H2,2H3,(H,21,24). The molecule has 0 unspecified atom stereocenters. The summed E-state index contributed by atoms with van der Waals surface area (Å²) in [4.78, 5) is 25.3. The highest BCUT2D eigenvalue weighted by atomic mass is 35.5. The zero-order chi connectivity index (χ0) is 18.4. The van der Waals surface area contributed by atoms with E-state index in [0.717, 1.165) is 18.4 Å². The number of anilines is 1. The summed E-state index contributed by atoms with van der Waals surface area (Å²) in [6.45, 7) is 7.33. The summed E-state index contributed by atoms with van der Waals surface area (Å²) in [7, 11) is 0. The van der Waals surface area contributed by atoms with Crippen molar-refractivity contribution in [1.82, 2.24) is 10.2 Å². The van der Waals surface area contributed by atoms with Crippen LogP contribution in [-0.2, 0) is 9.59 Å². The molecule has 0 spiro atoms. The minimum atomic E-state index is -0.166. The molecule has 6 nitrogen and oxygen atoms in total. The van der Waals surface area contributed by atoms with E-state index in [2.05, 4.69) is 17.2 Å². The van der Waals surface area contributed by atoms with Crippen molar-refractivity contribution in [2.75, 3.05) is 31.5 Å². The fraction of sp³-hybridized carbons (Fsp3) is 0.444. The zero-order valence-corrected chi connectivity index (χ0v) is 15.1. The number of aryl methyl sites for hydroxylation is 1. The summed E-state index contributed by atoms with van der Waals surface area (Å²) in [6.07, 6.45) is 2.97. The van der Waals surface area contributed by atoms with Crippen LogP contribution in [0, 0.1) is 12.8 Å². The maximum Gasteiger partial charge on any atom is 0.243 e. The molecule has 0 bridgehead atoms. The highest BCUT2D eigenvalue weighted by Crippen LogP contribution is 2.29. The third-order valence-corrected chi connectivity index (χ3v) is 4.83. The van der Waals surface area contributed by atoms with Crippen molar-refractivity contribution in [3.8, 4) is 5.75 Å². The Labute approximate surface area is 152 Å². The molecule has 3 N–H and O–H groups in total. The van der Waals surface area contributed by atoms with Crippen LogP contribution in [0.2, 0.25) is 5.02 Å². The van der Waals surface area contributed by atoms with E-state index < -0.39 is 0 Å². The Morgan fingerprint density at radius 2 is 2.08 bits per heavy atom. The zero-order valence-electron chi connectivity index (χ0n) is 14.3. The van der Waals surface area contributed by atoms with Crippen LogP contribution >= 0.6 is 11.6 Å². The molecule has 0 saturated carbocycles. The normalized spacial score (nSPS) is 14.9. The lowest BCUT2D eigenvalue weighted by Gasteiger charge is -2.32. The van der Waals surface area contributed by atoms with Crippen LogP contribution in [0.5, 0.6) is 5.75 Å². The average Bonchev–Trinajstić information content (AvgIpc) is 2.61. The number of phenols is 1. The number of piperidine rings is 1. The minimum Gasteiger partial charge on any atom is -0.506 e. The average molecular weight is 366 g/mol. The predicted octanol–water partition coefficient (Wildman–Crippen LogP) is 2.31. The second-order valence-corrected chi connectivity index (χ2v) is 6.65. The van der Waals surface area contributed by atoms with E-state index in [0.29, 0.717) is 36.3 Å². The van der Waals surface area contributed by atoms with Gasteiger partial charge in [0.25, 0.3) is 0 Å². The van der Waals surface area contributed by atoms with Crippen LogP contribution < -0.4 is 10.6 Å². The number of hydrogen-bond donors (Lipinski definition) is 3. The van der Waals surface area contributed by atoms with E-state index in [1.54, 1.807) is 11.0 Å². The van der Waals surface area contributed by atoms with Crippen molar-refractivity contribution in [3.05, 3.63) is 35.4 Å². The number of carbonyl (C=O) groups is 2. The molecule has 1 fully saturated rings. The third-order valence-electron chi connectivity index (χ3n) is 4.42. The van der Waals surface area contributed by atoms with Crippen molar-refractivity contribution < 1.29 is 14.7 Å². The number of likely N-dealkylation sites (tertiary alicyclic amines) is 1. The molecule has 25 heavy (non-hydrogen) atoms. The van der Waals surface area contributed by atoms with Gasteiger partial charge in [-0.2, -0.15) is 0 Å². The van der Waals surface area contributed by atoms with Crippen LogP contribution in [0.25, 0.3) is 0 Å². The Kier molecular flexibility index (Phi) is 6.70. The van der Waals surface area contributed by atoms with E-state index in [1.165, 1.54) is 12.1 Å².